The second-order valence-corrected chi connectivity index (χ2v) is 5.07. The quantitative estimate of drug-likeness (QED) is 0.785. The van der Waals surface area contributed by atoms with Gasteiger partial charge in [-0.3, -0.25) is 0 Å². The zero-order chi connectivity index (χ0) is 19.3. The van der Waals surface area contributed by atoms with Crippen molar-refractivity contribution in [1.29, 1.82) is 10.5 Å². The van der Waals surface area contributed by atoms with E-state index in [-0.39, 0.29) is 22.5 Å². The van der Waals surface area contributed by atoms with E-state index < -0.39 is 30.0 Å². The largest absolute Gasteiger partial charge is 0.417 e. The van der Waals surface area contributed by atoms with Crippen LogP contribution < -0.4 is 10.6 Å². The molecule has 0 bridgehead atoms. The summed E-state index contributed by atoms with van der Waals surface area (Å²) in [7, 11) is 0. The van der Waals surface area contributed by atoms with Crippen molar-refractivity contribution in [3.63, 3.8) is 0 Å². The molecule has 0 spiro atoms. The molecule has 0 saturated carbocycles. The lowest BCUT2D eigenvalue weighted by Crippen LogP contribution is -2.20. The highest BCUT2D eigenvalue weighted by Crippen LogP contribution is 2.33. The van der Waals surface area contributed by atoms with Gasteiger partial charge in [0.1, 0.15) is 6.67 Å². The normalized spacial score (nSPS) is 10.5. The number of hydrogen-bond donors (Lipinski definition) is 2. The molecule has 0 fully saturated rings. The Labute approximate surface area is 145 Å². The van der Waals surface area contributed by atoms with Gasteiger partial charge in [-0.05, 0) is 36.4 Å². The Morgan fingerprint density at radius 1 is 0.962 bits per heavy atom. The number of halogens is 4. The van der Waals surface area contributed by atoms with Gasteiger partial charge in [-0.25, -0.2) is 9.18 Å². The predicted octanol–water partition coefficient (Wildman–Crippen LogP) is 4.56. The maximum absolute atomic E-state index is 12.9. The molecule has 2 aromatic rings. The number of amides is 2. The molecule has 5 nitrogen and oxygen atoms in total. The number of carbonyl (C=O) groups is 1. The van der Waals surface area contributed by atoms with Gasteiger partial charge in [0.15, 0.2) is 0 Å². The molecule has 2 aromatic carbocycles. The number of benzene rings is 2. The fourth-order valence-electron chi connectivity index (χ4n) is 2.14. The van der Waals surface area contributed by atoms with Crippen LogP contribution in [-0.4, -0.2) is 6.03 Å². The predicted molar refractivity (Wildman–Crippen MR) is 84.8 cm³/mol. The van der Waals surface area contributed by atoms with E-state index >= 15 is 0 Å². The van der Waals surface area contributed by atoms with Crippen molar-refractivity contribution in [2.45, 2.75) is 12.9 Å². The lowest BCUT2D eigenvalue weighted by Gasteiger charge is -2.12. The standard InChI is InChI=1S/C17H10F4N4O/c18-7-12-5-13(3-1-10(12)8-22)24-16(26)25-14-4-2-11(9-23)15(6-14)17(19,20)21/h1-6H,7H2,(H2,24,25,26). The number of anilines is 2. The second-order valence-electron chi connectivity index (χ2n) is 5.07. The molecule has 9 heteroatoms. The fourth-order valence-corrected chi connectivity index (χ4v) is 2.14. The van der Waals surface area contributed by atoms with Crippen LogP contribution in [0.1, 0.15) is 22.3 Å². The van der Waals surface area contributed by atoms with Crippen LogP contribution in [0.15, 0.2) is 36.4 Å². The first-order chi connectivity index (χ1) is 12.3. The van der Waals surface area contributed by atoms with E-state index in [0.29, 0.717) is 6.07 Å². The number of nitrogens with one attached hydrogen (secondary N) is 2. The van der Waals surface area contributed by atoms with Gasteiger partial charge in [0.25, 0.3) is 0 Å². The van der Waals surface area contributed by atoms with Gasteiger partial charge >= 0.3 is 12.2 Å². The lowest BCUT2D eigenvalue weighted by atomic mass is 10.1. The van der Waals surface area contributed by atoms with Crippen molar-refractivity contribution in [3.8, 4) is 12.1 Å². The van der Waals surface area contributed by atoms with E-state index in [2.05, 4.69) is 10.6 Å². The number of urea groups is 1. The molecule has 0 unspecified atom stereocenters. The zero-order valence-electron chi connectivity index (χ0n) is 13.0. The topological polar surface area (TPSA) is 88.7 Å². The minimum Gasteiger partial charge on any atom is -0.308 e. The number of nitrogens with zero attached hydrogens (tertiary/aromatic N) is 2. The summed E-state index contributed by atoms with van der Waals surface area (Å²) < 4.78 is 51.6. The van der Waals surface area contributed by atoms with Crippen LogP contribution in [0.25, 0.3) is 0 Å². The van der Waals surface area contributed by atoms with Gasteiger partial charge in [0, 0.05) is 16.9 Å². The van der Waals surface area contributed by atoms with Crippen LogP contribution in [0.3, 0.4) is 0 Å². The molecular weight excluding hydrogens is 352 g/mol. The molecule has 2 amide bonds. The Bertz CT molecular complexity index is 926. The van der Waals surface area contributed by atoms with Gasteiger partial charge < -0.3 is 10.6 Å². The number of nitriles is 2. The van der Waals surface area contributed by atoms with Crippen LogP contribution in [0.2, 0.25) is 0 Å². The van der Waals surface area contributed by atoms with Crippen LogP contribution in [0.4, 0.5) is 33.7 Å². The number of carbonyl (C=O) groups excluding carboxylic acids is 1. The summed E-state index contributed by atoms with van der Waals surface area (Å²) in [6.07, 6.45) is -4.75. The average Bonchev–Trinajstić information content (AvgIpc) is 2.60. The van der Waals surface area contributed by atoms with Gasteiger partial charge in [-0.15, -0.1) is 0 Å². The first-order valence-electron chi connectivity index (χ1n) is 7.07. The number of rotatable bonds is 3. The maximum Gasteiger partial charge on any atom is 0.417 e. The highest BCUT2D eigenvalue weighted by Gasteiger charge is 2.33. The van der Waals surface area contributed by atoms with Crippen molar-refractivity contribution in [2.75, 3.05) is 10.6 Å². The average molecular weight is 362 g/mol. The van der Waals surface area contributed by atoms with Crippen molar-refractivity contribution >= 4 is 17.4 Å². The molecule has 0 radical (unpaired) electrons. The van der Waals surface area contributed by atoms with Crippen molar-refractivity contribution in [2.24, 2.45) is 0 Å². The van der Waals surface area contributed by atoms with Crippen LogP contribution in [0.5, 0.6) is 0 Å². The highest BCUT2D eigenvalue weighted by molar-refractivity contribution is 6.00. The lowest BCUT2D eigenvalue weighted by molar-refractivity contribution is -0.137. The molecule has 0 aliphatic rings. The first-order valence-corrected chi connectivity index (χ1v) is 7.07. The molecule has 0 saturated heterocycles. The zero-order valence-corrected chi connectivity index (χ0v) is 13.0. The van der Waals surface area contributed by atoms with Gasteiger partial charge in [0.05, 0.1) is 28.8 Å². The van der Waals surface area contributed by atoms with Gasteiger partial charge in [0.2, 0.25) is 0 Å². The van der Waals surface area contributed by atoms with Gasteiger partial charge in [-0.2, -0.15) is 23.7 Å². The molecule has 0 atom stereocenters. The van der Waals surface area contributed by atoms with E-state index in [1.165, 1.54) is 24.3 Å². The summed E-state index contributed by atoms with van der Waals surface area (Å²) >= 11 is 0. The molecule has 0 aliphatic heterocycles. The maximum atomic E-state index is 12.9. The third-order valence-electron chi connectivity index (χ3n) is 3.33. The SMILES string of the molecule is N#Cc1ccc(NC(=O)Nc2ccc(C#N)c(C(F)(F)F)c2)cc1CF. The second kappa shape index (κ2) is 7.53. The molecule has 0 aliphatic carbocycles. The molecular formula is C17H10F4N4O. The Morgan fingerprint density at radius 3 is 2.00 bits per heavy atom. The Kier molecular flexibility index (Phi) is 5.43. The molecule has 0 aromatic heterocycles. The Hall–Kier alpha value is -3.59. The molecule has 0 heterocycles. The van der Waals surface area contributed by atoms with E-state index in [1.807, 2.05) is 0 Å². The minimum atomic E-state index is -4.75. The fraction of sp³-hybridized carbons (Fsp3) is 0.118. The van der Waals surface area contributed by atoms with E-state index in [0.717, 1.165) is 12.1 Å². The number of alkyl halides is 4. The molecule has 132 valence electrons. The Morgan fingerprint density at radius 2 is 1.50 bits per heavy atom. The minimum absolute atomic E-state index is 0.0723. The first kappa shape index (κ1) is 18.7. The van der Waals surface area contributed by atoms with Crippen molar-refractivity contribution < 1.29 is 22.4 Å². The molecule has 2 N–H and O–H groups in total. The molecule has 2 rings (SSSR count). The van der Waals surface area contributed by atoms with Crippen LogP contribution >= 0.6 is 0 Å². The Balaban J connectivity index is 2.19. The van der Waals surface area contributed by atoms with Crippen molar-refractivity contribution in [3.05, 3.63) is 58.7 Å². The summed E-state index contributed by atoms with van der Waals surface area (Å²) in [6.45, 7) is -0.912. The summed E-state index contributed by atoms with van der Waals surface area (Å²) in [5.41, 5.74) is -1.56. The van der Waals surface area contributed by atoms with Crippen LogP contribution in [-0.2, 0) is 12.9 Å². The smallest absolute Gasteiger partial charge is 0.308 e. The third kappa shape index (κ3) is 4.28. The van der Waals surface area contributed by atoms with E-state index in [9.17, 15) is 22.4 Å². The molecule has 26 heavy (non-hydrogen) atoms. The summed E-state index contributed by atoms with van der Waals surface area (Å²) in [6, 6.07) is 9.03. The summed E-state index contributed by atoms with van der Waals surface area (Å²) in [4.78, 5) is 11.9. The van der Waals surface area contributed by atoms with Gasteiger partial charge in [-0.1, -0.05) is 0 Å². The van der Waals surface area contributed by atoms with Crippen molar-refractivity contribution in [1.82, 2.24) is 0 Å². The monoisotopic (exact) mass is 362 g/mol. The third-order valence-corrected chi connectivity index (χ3v) is 3.33. The highest BCUT2D eigenvalue weighted by atomic mass is 19.4. The summed E-state index contributed by atoms with van der Waals surface area (Å²) in [5, 5.41) is 22.1. The van der Waals surface area contributed by atoms with E-state index in [4.69, 9.17) is 10.5 Å². The summed E-state index contributed by atoms with van der Waals surface area (Å²) in [5.74, 6) is 0. The van der Waals surface area contributed by atoms with E-state index in [1.54, 1.807) is 6.07 Å². The number of hydrogen-bond acceptors (Lipinski definition) is 3. The van der Waals surface area contributed by atoms with Crippen LogP contribution in [0, 0.1) is 22.7 Å².